The Morgan fingerprint density at radius 2 is 1.81 bits per heavy atom. The third kappa shape index (κ3) is 4.38. The molecule has 0 amide bonds. The number of ether oxygens (including phenoxy) is 3. The summed E-state index contributed by atoms with van der Waals surface area (Å²) in [6.45, 7) is 6.40. The summed E-state index contributed by atoms with van der Waals surface area (Å²) in [5, 5.41) is 10.7. The number of esters is 1. The van der Waals surface area contributed by atoms with Gasteiger partial charge in [0.25, 0.3) is 0 Å². The Balaban J connectivity index is 1.45. The number of benzene rings is 3. The molecule has 3 aromatic carbocycles. The largest absolute Gasteiger partial charge is 0.494 e. The number of fused-ring (bicyclic) bond motifs is 2. The lowest BCUT2D eigenvalue weighted by atomic mass is 9.83. The van der Waals surface area contributed by atoms with Crippen molar-refractivity contribution in [3.63, 3.8) is 0 Å². The molecule has 0 radical (unpaired) electrons. The number of carbonyl (C=O) groups is 1. The number of hydrogen-bond acceptors (Lipinski definition) is 7. The van der Waals surface area contributed by atoms with Crippen LogP contribution in [0.15, 0.2) is 76.5 Å². The van der Waals surface area contributed by atoms with Crippen LogP contribution in [0, 0.1) is 18.3 Å². The van der Waals surface area contributed by atoms with Gasteiger partial charge in [-0.25, -0.2) is 4.79 Å². The molecule has 1 unspecified atom stereocenters. The first-order valence-corrected chi connectivity index (χ1v) is 12.1. The maximum Gasteiger partial charge on any atom is 0.379 e. The minimum absolute atomic E-state index is 0.0113. The Kier molecular flexibility index (Phi) is 6.33. The van der Waals surface area contributed by atoms with E-state index < -0.39 is 11.9 Å². The maximum absolute atomic E-state index is 13.0. The van der Waals surface area contributed by atoms with Crippen LogP contribution in [-0.4, -0.2) is 12.6 Å². The summed E-state index contributed by atoms with van der Waals surface area (Å²) in [4.78, 5) is 13.0. The maximum atomic E-state index is 13.0. The Labute approximate surface area is 214 Å². The zero-order valence-electron chi connectivity index (χ0n) is 20.8. The number of nitrogens with zero attached hydrogens (tertiary/aromatic N) is 1. The van der Waals surface area contributed by atoms with Gasteiger partial charge in [-0.15, -0.1) is 0 Å². The van der Waals surface area contributed by atoms with Crippen LogP contribution in [0.2, 0.25) is 0 Å². The molecule has 0 saturated heterocycles. The number of rotatable bonds is 6. The van der Waals surface area contributed by atoms with Gasteiger partial charge in [0.2, 0.25) is 11.6 Å². The molecule has 7 nitrogen and oxygen atoms in total. The standard InChI is InChI=1S/C30H26N2O5/c1-4-18-6-13-25-23(14-18)17(3)28(36-25)30(33)35-21-11-12-22-26(15-21)37-29(32)24(16-31)27(22)19-7-9-20(10-8-19)34-5-2/h6-15,27H,4-5,32H2,1-3H3. The van der Waals surface area contributed by atoms with Gasteiger partial charge < -0.3 is 24.4 Å². The van der Waals surface area contributed by atoms with Crippen LogP contribution in [0.25, 0.3) is 11.0 Å². The molecular formula is C30H26N2O5. The van der Waals surface area contributed by atoms with Gasteiger partial charge in [-0.2, -0.15) is 5.26 Å². The molecular weight excluding hydrogens is 468 g/mol. The van der Waals surface area contributed by atoms with E-state index in [0.717, 1.165) is 39.8 Å². The van der Waals surface area contributed by atoms with E-state index in [-0.39, 0.29) is 17.4 Å². The van der Waals surface area contributed by atoms with Crippen LogP contribution in [-0.2, 0) is 6.42 Å². The van der Waals surface area contributed by atoms with Crippen molar-refractivity contribution < 1.29 is 23.4 Å². The summed E-state index contributed by atoms with van der Waals surface area (Å²) in [6, 6.07) is 20.6. The van der Waals surface area contributed by atoms with Crippen molar-refractivity contribution in [2.24, 2.45) is 5.73 Å². The summed E-state index contributed by atoms with van der Waals surface area (Å²) < 4.78 is 22.8. The first kappa shape index (κ1) is 24.0. The topological polar surface area (TPSA) is 108 Å². The second kappa shape index (κ2) is 9.75. The first-order chi connectivity index (χ1) is 17.9. The van der Waals surface area contributed by atoms with E-state index in [0.29, 0.717) is 23.5 Å². The average Bonchev–Trinajstić information content (AvgIpc) is 3.24. The van der Waals surface area contributed by atoms with Gasteiger partial charge in [-0.1, -0.05) is 31.2 Å². The lowest BCUT2D eigenvalue weighted by molar-refractivity contribution is 0.0702. The zero-order valence-corrected chi connectivity index (χ0v) is 20.8. The van der Waals surface area contributed by atoms with Crippen molar-refractivity contribution in [3.05, 3.63) is 100 Å². The number of aryl methyl sites for hydroxylation is 2. The number of nitriles is 1. The molecule has 0 fully saturated rings. The Bertz CT molecular complexity index is 1570. The van der Waals surface area contributed by atoms with Crippen LogP contribution in [0.3, 0.4) is 0 Å². The lowest BCUT2D eigenvalue weighted by Crippen LogP contribution is -2.21. The van der Waals surface area contributed by atoms with Crippen molar-refractivity contribution in [1.82, 2.24) is 0 Å². The molecule has 0 spiro atoms. The Morgan fingerprint density at radius 1 is 1.05 bits per heavy atom. The number of allylic oxidation sites excluding steroid dienone is 1. The molecule has 2 heterocycles. The quantitative estimate of drug-likeness (QED) is 0.253. The second-order valence-electron chi connectivity index (χ2n) is 8.76. The molecule has 0 saturated carbocycles. The van der Waals surface area contributed by atoms with Gasteiger partial charge in [0.15, 0.2) is 0 Å². The molecule has 186 valence electrons. The molecule has 0 bridgehead atoms. The van der Waals surface area contributed by atoms with Crippen molar-refractivity contribution in [2.75, 3.05) is 6.61 Å². The van der Waals surface area contributed by atoms with E-state index in [4.69, 9.17) is 24.4 Å². The molecule has 7 heteroatoms. The molecule has 2 N–H and O–H groups in total. The van der Waals surface area contributed by atoms with Crippen molar-refractivity contribution in [2.45, 2.75) is 33.1 Å². The van der Waals surface area contributed by atoms with Gasteiger partial charge >= 0.3 is 5.97 Å². The number of furan rings is 1. The summed E-state index contributed by atoms with van der Waals surface area (Å²) in [7, 11) is 0. The highest BCUT2D eigenvalue weighted by molar-refractivity contribution is 5.97. The minimum Gasteiger partial charge on any atom is -0.494 e. The molecule has 5 rings (SSSR count). The van der Waals surface area contributed by atoms with E-state index in [1.807, 2.05) is 56.3 Å². The number of nitrogens with two attached hydrogens (primary N) is 1. The van der Waals surface area contributed by atoms with Crippen LogP contribution < -0.4 is 19.9 Å². The lowest BCUT2D eigenvalue weighted by Gasteiger charge is -2.26. The molecule has 1 aliphatic heterocycles. The highest BCUT2D eigenvalue weighted by atomic mass is 16.5. The van der Waals surface area contributed by atoms with Crippen molar-refractivity contribution in [3.8, 4) is 23.3 Å². The zero-order chi connectivity index (χ0) is 26.1. The van der Waals surface area contributed by atoms with Gasteiger partial charge in [0.05, 0.1) is 12.5 Å². The molecule has 37 heavy (non-hydrogen) atoms. The van der Waals surface area contributed by atoms with E-state index in [9.17, 15) is 10.1 Å². The van der Waals surface area contributed by atoms with Crippen molar-refractivity contribution >= 4 is 16.9 Å². The normalized spacial score (nSPS) is 14.6. The molecule has 0 aliphatic carbocycles. The predicted octanol–water partition coefficient (Wildman–Crippen LogP) is 6.14. The molecule has 4 aromatic rings. The van der Waals surface area contributed by atoms with Crippen LogP contribution in [0.5, 0.6) is 17.2 Å². The Morgan fingerprint density at radius 3 is 2.51 bits per heavy atom. The van der Waals surface area contributed by atoms with Crippen LogP contribution in [0.4, 0.5) is 0 Å². The minimum atomic E-state index is -0.605. The fourth-order valence-electron chi connectivity index (χ4n) is 4.60. The third-order valence-corrected chi connectivity index (χ3v) is 6.52. The number of carbonyl (C=O) groups excluding carboxylic acids is 1. The van der Waals surface area contributed by atoms with E-state index >= 15 is 0 Å². The van der Waals surface area contributed by atoms with Gasteiger partial charge in [-0.3, -0.25) is 0 Å². The smallest absolute Gasteiger partial charge is 0.379 e. The number of hydrogen-bond donors (Lipinski definition) is 1. The summed E-state index contributed by atoms with van der Waals surface area (Å²) in [5.74, 6) is 0.554. The summed E-state index contributed by atoms with van der Waals surface area (Å²) in [5.41, 5.74) is 10.6. The predicted molar refractivity (Wildman–Crippen MR) is 139 cm³/mol. The fraction of sp³-hybridized carbons (Fsp3) is 0.200. The Hall–Kier alpha value is -4.70. The average molecular weight is 495 g/mol. The summed E-state index contributed by atoms with van der Waals surface area (Å²) >= 11 is 0. The summed E-state index contributed by atoms with van der Waals surface area (Å²) in [6.07, 6.45) is 0.887. The van der Waals surface area contributed by atoms with E-state index in [1.165, 1.54) is 0 Å². The molecule has 1 atom stereocenters. The highest BCUT2D eigenvalue weighted by Crippen LogP contribution is 2.43. The van der Waals surface area contributed by atoms with Gasteiger partial charge in [0, 0.05) is 22.6 Å². The molecule has 1 aromatic heterocycles. The van der Waals surface area contributed by atoms with Crippen molar-refractivity contribution in [1.29, 1.82) is 5.26 Å². The van der Waals surface area contributed by atoms with E-state index in [2.05, 4.69) is 13.0 Å². The highest BCUT2D eigenvalue weighted by Gasteiger charge is 2.31. The first-order valence-electron chi connectivity index (χ1n) is 12.1. The fourth-order valence-corrected chi connectivity index (χ4v) is 4.60. The SMILES string of the molecule is CCOc1ccc(C2C(C#N)=C(N)Oc3cc(OC(=O)c4oc5ccc(CC)cc5c4C)ccc32)cc1. The van der Waals surface area contributed by atoms with Gasteiger partial charge in [0.1, 0.15) is 34.5 Å². The second-order valence-corrected chi connectivity index (χ2v) is 8.76. The third-order valence-electron chi connectivity index (χ3n) is 6.52. The monoisotopic (exact) mass is 494 g/mol. The van der Waals surface area contributed by atoms with Crippen LogP contribution >= 0.6 is 0 Å². The van der Waals surface area contributed by atoms with Gasteiger partial charge in [-0.05, 0) is 61.7 Å². The van der Waals surface area contributed by atoms with Crippen LogP contribution in [0.1, 0.15) is 52.6 Å². The molecule has 1 aliphatic rings. The van der Waals surface area contributed by atoms with E-state index in [1.54, 1.807) is 18.2 Å².